The van der Waals surface area contributed by atoms with Crippen LogP contribution < -0.4 is 0 Å². The van der Waals surface area contributed by atoms with Gasteiger partial charge in [0.1, 0.15) is 0 Å². The lowest BCUT2D eigenvalue weighted by Crippen LogP contribution is -1.77. The molecular weight excluding hydrogens is 192 g/mol. The first-order valence-electron chi connectivity index (χ1n) is 5.87. The number of allylic oxidation sites excluding steroid dienone is 3. The standard InChI is InChI=1S/C16H18/c1-4-12(2)13(3)10-15-11-16(15)14-8-6-5-7-9-14/h4-9,16H,11H2,1-3H3. The van der Waals surface area contributed by atoms with E-state index in [4.69, 9.17) is 0 Å². The molecule has 82 valence electrons. The molecule has 0 radical (unpaired) electrons. The smallest absolute Gasteiger partial charge is 0.0168 e. The van der Waals surface area contributed by atoms with Crippen LogP contribution in [-0.2, 0) is 0 Å². The van der Waals surface area contributed by atoms with E-state index in [-0.39, 0.29) is 0 Å². The van der Waals surface area contributed by atoms with Gasteiger partial charge in [0.25, 0.3) is 0 Å². The molecule has 0 bridgehead atoms. The minimum atomic E-state index is 0.626. The molecule has 0 spiro atoms. The van der Waals surface area contributed by atoms with Crippen molar-refractivity contribution in [3.8, 4) is 0 Å². The van der Waals surface area contributed by atoms with Crippen LogP contribution in [0.25, 0.3) is 0 Å². The summed E-state index contributed by atoms with van der Waals surface area (Å²) in [6, 6.07) is 10.7. The molecule has 1 aliphatic carbocycles. The summed E-state index contributed by atoms with van der Waals surface area (Å²) in [6.45, 7) is 6.36. The van der Waals surface area contributed by atoms with Gasteiger partial charge in [-0.15, -0.1) is 5.73 Å². The second-order valence-corrected chi connectivity index (χ2v) is 4.41. The van der Waals surface area contributed by atoms with E-state index < -0.39 is 0 Å². The van der Waals surface area contributed by atoms with Crippen molar-refractivity contribution >= 4 is 0 Å². The minimum Gasteiger partial charge on any atom is -0.118 e. The van der Waals surface area contributed by atoms with Crippen LogP contribution in [-0.4, -0.2) is 0 Å². The maximum absolute atomic E-state index is 3.52. The lowest BCUT2D eigenvalue weighted by atomic mass is 10.1. The highest BCUT2D eigenvalue weighted by molar-refractivity contribution is 5.42. The van der Waals surface area contributed by atoms with Gasteiger partial charge in [-0.1, -0.05) is 36.4 Å². The molecule has 0 saturated heterocycles. The van der Waals surface area contributed by atoms with Crippen LogP contribution in [0.1, 0.15) is 38.7 Å². The Morgan fingerprint density at radius 2 is 1.94 bits per heavy atom. The molecule has 1 fully saturated rings. The van der Waals surface area contributed by atoms with Gasteiger partial charge in [-0.25, -0.2) is 0 Å². The molecule has 0 heterocycles. The van der Waals surface area contributed by atoms with Crippen molar-refractivity contribution in [3.63, 3.8) is 0 Å². The molecule has 0 heteroatoms. The lowest BCUT2D eigenvalue weighted by Gasteiger charge is -1.95. The maximum Gasteiger partial charge on any atom is 0.0168 e. The summed E-state index contributed by atoms with van der Waals surface area (Å²) in [6.07, 6.45) is 3.32. The SMILES string of the molecule is CC=C(C)C(C)=C=C1CC1c1ccccc1. The Balaban J connectivity index is 2.21. The zero-order valence-electron chi connectivity index (χ0n) is 10.2. The monoisotopic (exact) mass is 210 g/mol. The van der Waals surface area contributed by atoms with E-state index in [0.29, 0.717) is 5.92 Å². The Labute approximate surface area is 98.0 Å². The lowest BCUT2D eigenvalue weighted by molar-refractivity contribution is 1.16. The van der Waals surface area contributed by atoms with E-state index in [1.807, 2.05) is 0 Å². The summed E-state index contributed by atoms with van der Waals surface area (Å²) in [7, 11) is 0. The van der Waals surface area contributed by atoms with Gasteiger partial charge >= 0.3 is 0 Å². The molecule has 0 N–H and O–H groups in total. The predicted octanol–water partition coefficient (Wildman–Crippen LogP) is 4.61. The van der Waals surface area contributed by atoms with Gasteiger partial charge in [0.2, 0.25) is 0 Å². The molecule has 0 amide bonds. The fourth-order valence-electron chi connectivity index (χ4n) is 1.86. The summed E-state index contributed by atoms with van der Waals surface area (Å²) < 4.78 is 0. The second-order valence-electron chi connectivity index (χ2n) is 4.41. The Kier molecular flexibility index (Phi) is 3.12. The molecule has 2 rings (SSSR count). The van der Waals surface area contributed by atoms with E-state index in [2.05, 4.69) is 62.9 Å². The largest absolute Gasteiger partial charge is 0.118 e. The van der Waals surface area contributed by atoms with Gasteiger partial charge in [0, 0.05) is 5.92 Å². The van der Waals surface area contributed by atoms with E-state index >= 15 is 0 Å². The Hall–Kier alpha value is -1.52. The zero-order valence-corrected chi connectivity index (χ0v) is 10.2. The number of rotatable bonds is 2. The van der Waals surface area contributed by atoms with E-state index in [0.717, 1.165) is 0 Å². The first-order chi connectivity index (χ1) is 7.72. The minimum absolute atomic E-state index is 0.626. The third kappa shape index (κ3) is 2.35. The Morgan fingerprint density at radius 1 is 1.25 bits per heavy atom. The number of benzene rings is 1. The van der Waals surface area contributed by atoms with Crippen molar-refractivity contribution in [2.24, 2.45) is 0 Å². The van der Waals surface area contributed by atoms with Crippen LogP contribution in [0.3, 0.4) is 0 Å². The highest BCUT2D eigenvalue weighted by atomic mass is 14.3. The van der Waals surface area contributed by atoms with Crippen molar-refractivity contribution in [3.05, 3.63) is 64.4 Å². The molecule has 1 atom stereocenters. The van der Waals surface area contributed by atoms with Gasteiger partial charge in [0.05, 0.1) is 0 Å². The van der Waals surface area contributed by atoms with E-state index in [1.54, 1.807) is 0 Å². The summed E-state index contributed by atoms with van der Waals surface area (Å²) in [5.74, 6) is 0.626. The van der Waals surface area contributed by atoms with Crippen LogP contribution >= 0.6 is 0 Å². The third-order valence-electron chi connectivity index (χ3n) is 3.26. The molecule has 1 saturated carbocycles. The first-order valence-corrected chi connectivity index (χ1v) is 5.87. The summed E-state index contributed by atoms with van der Waals surface area (Å²) in [5, 5.41) is 0. The van der Waals surface area contributed by atoms with Crippen molar-refractivity contribution < 1.29 is 0 Å². The summed E-state index contributed by atoms with van der Waals surface area (Å²) in [5.41, 5.74) is 8.99. The van der Waals surface area contributed by atoms with Crippen LogP contribution in [0.4, 0.5) is 0 Å². The van der Waals surface area contributed by atoms with Crippen molar-refractivity contribution in [2.45, 2.75) is 33.1 Å². The summed E-state index contributed by atoms with van der Waals surface area (Å²) in [4.78, 5) is 0. The highest BCUT2D eigenvalue weighted by Crippen LogP contribution is 2.46. The van der Waals surface area contributed by atoms with Gasteiger partial charge in [-0.3, -0.25) is 0 Å². The molecule has 0 aromatic heterocycles. The van der Waals surface area contributed by atoms with Crippen LogP contribution in [0.15, 0.2) is 58.9 Å². The number of hydrogen-bond donors (Lipinski definition) is 0. The highest BCUT2D eigenvalue weighted by Gasteiger charge is 2.30. The second kappa shape index (κ2) is 4.55. The molecule has 16 heavy (non-hydrogen) atoms. The molecule has 1 aromatic carbocycles. The topological polar surface area (TPSA) is 0 Å². The van der Waals surface area contributed by atoms with E-state index in [9.17, 15) is 0 Å². The van der Waals surface area contributed by atoms with Crippen LogP contribution in [0, 0.1) is 0 Å². The molecule has 1 aromatic rings. The molecule has 1 unspecified atom stereocenters. The number of hydrogen-bond acceptors (Lipinski definition) is 0. The van der Waals surface area contributed by atoms with Gasteiger partial charge in [0.15, 0.2) is 0 Å². The van der Waals surface area contributed by atoms with Crippen molar-refractivity contribution in [2.75, 3.05) is 0 Å². The van der Waals surface area contributed by atoms with Gasteiger partial charge in [-0.2, -0.15) is 0 Å². The quantitative estimate of drug-likeness (QED) is 0.494. The summed E-state index contributed by atoms with van der Waals surface area (Å²) >= 11 is 0. The fourth-order valence-corrected chi connectivity index (χ4v) is 1.86. The fraction of sp³-hybridized carbons (Fsp3) is 0.312. The van der Waals surface area contributed by atoms with Crippen LogP contribution in [0.2, 0.25) is 0 Å². The van der Waals surface area contributed by atoms with Crippen molar-refractivity contribution in [1.29, 1.82) is 0 Å². The molecule has 0 nitrogen and oxygen atoms in total. The Morgan fingerprint density at radius 3 is 2.56 bits per heavy atom. The third-order valence-corrected chi connectivity index (χ3v) is 3.26. The van der Waals surface area contributed by atoms with Crippen LogP contribution in [0.5, 0.6) is 0 Å². The first kappa shape index (κ1) is 11.0. The molecular formula is C16H18. The van der Waals surface area contributed by atoms with Crippen molar-refractivity contribution in [1.82, 2.24) is 0 Å². The zero-order chi connectivity index (χ0) is 11.5. The molecule has 0 aliphatic heterocycles. The van der Waals surface area contributed by atoms with Gasteiger partial charge in [-0.05, 0) is 49.5 Å². The Bertz CT molecular complexity index is 468. The average Bonchev–Trinajstić information content (AvgIpc) is 3.08. The normalized spacial score (nSPS) is 19.3. The van der Waals surface area contributed by atoms with E-state index in [1.165, 1.54) is 28.7 Å². The molecule has 1 aliphatic rings. The predicted molar refractivity (Wildman–Crippen MR) is 69.4 cm³/mol. The van der Waals surface area contributed by atoms with Gasteiger partial charge < -0.3 is 0 Å². The average molecular weight is 210 g/mol. The maximum atomic E-state index is 3.52.